The van der Waals surface area contributed by atoms with E-state index >= 15 is 0 Å². The molecule has 5 nitrogen and oxygen atoms in total. The Morgan fingerprint density at radius 3 is 2.94 bits per heavy atom. The molecule has 0 aliphatic rings. The van der Waals surface area contributed by atoms with E-state index in [1.165, 1.54) is 31.4 Å². The van der Waals surface area contributed by atoms with Crippen LogP contribution in [0.3, 0.4) is 0 Å². The first kappa shape index (κ1) is 12.0. The number of carbonyl (C=O) groups excluding carboxylic acids is 1. The molecule has 91 valence electrons. The fourth-order valence-electron chi connectivity index (χ4n) is 1.45. The van der Waals surface area contributed by atoms with Crippen molar-refractivity contribution in [2.24, 2.45) is 5.73 Å². The Hall–Kier alpha value is -2.50. The molecule has 0 fully saturated rings. The minimum Gasteiger partial charge on any atom is -0.496 e. The topological polar surface area (TPSA) is 78.1 Å². The first-order valence-electron chi connectivity index (χ1n) is 5.00. The van der Waals surface area contributed by atoms with Gasteiger partial charge in [0, 0.05) is 5.56 Å². The van der Waals surface area contributed by atoms with E-state index < -0.39 is 11.7 Å². The number of aromatic nitrogens is 2. The summed E-state index contributed by atoms with van der Waals surface area (Å²) in [7, 11) is 1.45. The summed E-state index contributed by atoms with van der Waals surface area (Å²) in [5.41, 5.74) is 5.79. The van der Waals surface area contributed by atoms with Crippen molar-refractivity contribution >= 4 is 5.91 Å². The Morgan fingerprint density at radius 1 is 1.50 bits per heavy atom. The van der Waals surface area contributed by atoms with Crippen LogP contribution in [-0.2, 0) is 0 Å². The quantitative estimate of drug-likeness (QED) is 0.882. The Balaban J connectivity index is 2.57. The fourth-order valence-corrected chi connectivity index (χ4v) is 1.45. The zero-order valence-corrected chi connectivity index (χ0v) is 9.48. The summed E-state index contributed by atoms with van der Waals surface area (Å²) in [4.78, 5) is 18.5. The number of primary amides is 1. The van der Waals surface area contributed by atoms with Crippen LogP contribution in [0.4, 0.5) is 4.39 Å². The molecule has 1 aromatic carbocycles. The highest BCUT2D eigenvalue weighted by molar-refractivity contribution is 5.89. The van der Waals surface area contributed by atoms with Crippen LogP contribution >= 0.6 is 0 Å². The number of rotatable bonds is 3. The molecule has 2 rings (SSSR count). The SMILES string of the molecule is COc1ccc(F)cc1-c1c[c]nc(C(N)=O)n1. The molecule has 1 aromatic heterocycles. The number of amides is 1. The van der Waals surface area contributed by atoms with E-state index in [2.05, 4.69) is 16.2 Å². The van der Waals surface area contributed by atoms with Gasteiger partial charge in [-0.05, 0) is 24.3 Å². The van der Waals surface area contributed by atoms with Crippen LogP contribution in [0.25, 0.3) is 11.3 Å². The highest BCUT2D eigenvalue weighted by Gasteiger charge is 2.11. The maximum absolute atomic E-state index is 13.2. The summed E-state index contributed by atoms with van der Waals surface area (Å²) < 4.78 is 18.3. The van der Waals surface area contributed by atoms with E-state index in [0.29, 0.717) is 17.0 Å². The number of nitrogens with two attached hydrogens (primary N) is 1. The lowest BCUT2D eigenvalue weighted by atomic mass is 10.1. The molecule has 0 aliphatic heterocycles. The maximum atomic E-state index is 13.2. The van der Waals surface area contributed by atoms with Crippen molar-refractivity contribution in [2.45, 2.75) is 0 Å². The highest BCUT2D eigenvalue weighted by Crippen LogP contribution is 2.28. The largest absolute Gasteiger partial charge is 0.496 e. The maximum Gasteiger partial charge on any atom is 0.286 e. The molecule has 1 radical (unpaired) electrons. The number of hydrogen-bond acceptors (Lipinski definition) is 4. The van der Waals surface area contributed by atoms with E-state index in [0.717, 1.165) is 0 Å². The third-order valence-corrected chi connectivity index (χ3v) is 2.26. The third kappa shape index (κ3) is 2.27. The average Bonchev–Trinajstić information content (AvgIpc) is 2.39. The van der Waals surface area contributed by atoms with E-state index in [-0.39, 0.29) is 5.82 Å². The lowest BCUT2D eigenvalue weighted by Gasteiger charge is -2.08. The Bertz CT molecular complexity index is 602. The molecule has 1 amide bonds. The summed E-state index contributed by atoms with van der Waals surface area (Å²) in [5, 5.41) is 0. The lowest BCUT2D eigenvalue weighted by molar-refractivity contribution is 0.0990. The van der Waals surface area contributed by atoms with Gasteiger partial charge in [-0.15, -0.1) is 0 Å². The smallest absolute Gasteiger partial charge is 0.286 e. The lowest BCUT2D eigenvalue weighted by Crippen LogP contribution is -2.15. The molecular formula is C12H9FN3O2. The average molecular weight is 246 g/mol. The number of halogens is 1. The van der Waals surface area contributed by atoms with Crippen LogP contribution in [0.15, 0.2) is 24.3 Å². The Labute approximate surface area is 102 Å². The zero-order valence-electron chi connectivity index (χ0n) is 9.48. The first-order chi connectivity index (χ1) is 8.61. The van der Waals surface area contributed by atoms with Gasteiger partial charge >= 0.3 is 0 Å². The minimum absolute atomic E-state index is 0.182. The van der Waals surface area contributed by atoms with Gasteiger partial charge < -0.3 is 10.5 Å². The van der Waals surface area contributed by atoms with E-state index in [9.17, 15) is 9.18 Å². The number of hydrogen-bond donors (Lipinski definition) is 1. The molecule has 0 unspecified atom stereocenters. The van der Waals surface area contributed by atoms with Crippen LogP contribution in [0, 0.1) is 12.0 Å². The minimum atomic E-state index is -0.775. The van der Waals surface area contributed by atoms with Gasteiger partial charge in [0.2, 0.25) is 5.82 Å². The number of ether oxygens (including phenoxy) is 1. The van der Waals surface area contributed by atoms with Gasteiger partial charge in [0.1, 0.15) is 11.6 Å². The van der Waals surface area contributed by atoms with Gasteiger partial charge in [0.05, 0.1) is 19.0 Å². The van der Waals surface area contributed by atoms with Crippen LogP contribution in [0.1, 0.15) is 10.6 Å². The number of benzene rings is 1. The second kappa shape index (κ2) is 4.79. The van der Waals surface area contributed by atoms with Crippen LogP contribution < -0.4 is 10.5 Å². The molecule has 6 heteroatoms. The standard InChI is InChI=1S/C12H9FN3O2/c1-18-10-3-2-7(13)6-8(10)9-4-5-15-12(16-9)11(14)17/h2-4,6H,1H3,(H2,14,17). The second-order valence-corrected chi connectivity index (χ2v) is 3.41. The van der Waals surface area contributed by atoms with E-state index in [4.69, 9.17) is 10.5 Å². The molecule has 18 heavy (non-hydrogen) atoms. The van der Waals surface area contributed by atoms with Gasteiger partial charge in [-0.2, -0.15) is 0 Å². The molecule has 0 saturated carbocycles. The van der Waals surface area contributed by atoms with Crippen LogP contribution in [0.5, 0.6) is 5.75 Å². The number of nitrogens with zero attached hydrogens (tertiary/aromatic N) is 2. The van der Waals surface area contributed by atoms with Crippen molar-refractivity contribution in [3.8, 4) is 17.0 Å². The van der Waals surface area contributed by atoms with Gasteiger partial charge in [-0.25, -0.2) is 14.4 Å². The molecular weight excluding hydrogens is 237 g/mol. The Kier molecular flexibility index (Phi) is 3.18. The molecule has 2 aromatic rings. The highest BCUT2D eigenvalue weighted by atomic mass is 19.1. The molecule has 2 N–H and O–H groups in total. The molecule has 1 heterocycles. The first-order valence-corrected chi connectivity index (χ1v) is 5.00. The summed E-state index contributed by atoms with van der Waals surface area (Å²) in [6.45, 7) is 0. The number of carbonyl (C=O) groups is 1. The molecule has 0 aliphatic carbocycles. The van der Waals surface area contributed by atoms with Crippen molar-refractivity contribution in [2.75, 3.05) is 7.11 Å². The zero-order chi connectivity index (χ0) is 13.1. The normalized spacial score (nSPS) is 10.1. The van der Waals surface area contributed by atoms with Crippen LogP contribution in [0.2, 0.25) is 0 Å². The number of methoxy groups -OCH3 is 1. The van der Waals surface area contributed by atoms with Crippen molar-refractivity contribution in [1.29, 1.82) is 0 Å². The van der Waals surface area contributed by atoms with Crippen LogP contribution in [-0.4, -0.2) is 23.0 Å². The van der Waals surface area contributed by atoms with Gasteiger partial charge in [-0.1, -0.05) is 0 Å². The monoisotopic (exact) mass is 246 g/mol. The van der Waals surface area contributed by atoms with Crippen molar-refractivity contribution < 1.29 is 13.9 Å². The predicted molar refractivity (Wildman–Crippen MR) is 61.3 cm³/mol. The third-order valence-electron chi connectivity index (χ3n) is 2.26. The fraction of sp³-hybridized carbons (Fsp3) is 0.0833. The second-order valence-electron chi connectivity index (χ2n) is 3.41. The molecule has 0 spiro atoms. The summed E-state index contributed by atoms with van der Waals surface area (Å²) in [6.07, 6.45) is 2.49. The Morgan fingerprint density at radius 2 is 2.28 bits per heavy atom. The van der Waals surface area contributed by atoms with E-state index in [1.807, 2.05) is 0 Å². The summed E-state index contributed by atoms with van der Waals surface area (Å²) >= 11 is 0. The molecule has 0 saturated heterocycles. The molecule has 0 bridgehead atoms. The van der Waals surface area contributed by atoms with Gasteiger partial charge in [0.25, 0.3) is 5.91 Å². The van der Waals surface area contributed by atoms with Crippen molar-refractivity contribution in [3.63, 3.8) is 0 Å². The molecule has 0 atom stereocenters. The van der Waals surface area contributed by atoms with E-state index in [1.54, 1.807) is 0 Å². The summed E-state index contributed by atoms with van der Waals surface area (Å²) in [6, 6.07) is 5.41. The summed E-state index contributed by atoms with van der Waals surface area (Å²) in [5.74, 6) is -0.966. The van der Waals surface area contributed by atoms with Crippen molar-refractivity contribution in [1.82, 2.24) is 9.97 Å². The van der Waals surface area contributed by atoms with Gasteiger partial charge in [-0.3, -0.25) is 4.79 Å². The predicted octanol–water partition coefficient (Wildman–Crippen LogP) is 1.19. The van der Waals surface area contributed by atoms with Crippen molar-refractivity contribution in [3.05, 3.63) is 42.1 Å². The van der Waals surface area contributed by atoms with Gasteiger partial charge in [0.15, 0.2) is 0 Å².